The molecule has 0 aliphatic rings. The lowest BCUT2D eigenvalue weighted by Crippen LogP contribution is -2.33. The van der Waals surface area contributed by atoms with Crippen LogP contribution >= 0.6 is 0 Å². The first-order chi connectivity index (χ1) is 6.82. The van der Waals surface area contributed by atoms with Gasteiger partial charge in [-0.15, -0.1) is 0 Å². The first-order valence-electron chi connectivity index (χ1n) is 4.95. The molecule has 0 saturated heterocycles. The van der Waals surface area contributed by atoms with Gasteiger partial charge < -0.3 is 0 Å². The average molecular weight is 206 g/mol. The third-order valence-electron chi connectivity index (χ3n) is 2.32. The molecule has 0 unspecified atom stereocenters. The molecule has 3 nitrogen and oxygen atoms in total. The Morgan fingerprint density at radius 1 is 1.20 bits per heavy atom. The van der Waals surface area contributed by atoms with Gasteiger partial charge in [0.15, 0.2) is 0 Å². The van der Waals surface area contributed by atoms with Crippen molar-refractivity contribution in [2.45, 2.75) is 26.2 Å². The summed E-state index contributed by atoms with van der Waals surface area (Å²) in [5.74, 6) is 5.20. The van der Waals surface area contributed by atoms with Gasteiger partial charge in [-0.1, -0.05) is 32.9 Å². The predicted molar refractivity (Wildman–Crippen MR) is 61.4 cm³/mol. The Balaban J connectivity index is 2.96. The highest BCUT2D eigenvalue weighted by molar-refractivity contribution is 5.93. The van der Waals surface area contributed by atoms with E-state index in [1.54, 1.807) is 7.05 Å². The fourth-order valence-electron chi connectivity index (χ4n) is 1.32. The number of nitrogens with zero attached hydrogens (tertiary/aromatic N) is 1. The van der Waals surface area contributed by atoms with E-state index in [1.807, 2.05) is 24.3 Å². The van der Waals surface area contributed by atoms with Gasteiger partial charge in [0.25, 0.3) is 5.91 Å². The Morgan fingerprint density at radius 3 is 2.00 bits per heavy atom. The first kappa shape index (κ1) is 11.7. The number of nitrogens with two attached hydrogens (primary N) is 1. The van der Waals surface area contributed by atoms with E-state index < -0.39 is 0 Å². The quantitative estimate of drug-likeness (QED) is 0.433. The van der Waals surface area contributed by atoms with Crippen molar-refractivity contribution >= 4 is 5.91 Å². The second kappa shape index (κ2) is 4.03. The van der Waals surface area contributed by atoms with Crippen LogP contribution in [0.5, 0.6) is 0 Å². The summed E-state index contributed by atoms with van der Waals surface area (Å²) in [4.78, 5) is 11.5. The Hall–Kier alpha value is -1.35. The second-order valence-corrected chi connectivity index (χ2v) is 4.74. The molecule has 1 aromatic carbocycles. The minimum absolute atomic E-state index is 0.107. The van der Waals surface area contributed by atoms with Crippen LogP contribution in [0.2, 0.25) is 0 Å². The van der Waals surface area contributed by atoms with Crippen LogP contribution in [0.1, 0.15) is 36.7 Å². The summed E-state index contributed by atoms with van der Waals surface area (Å²) in [6.07, 6.45) is 0. The molecule has 0 spiro atoms. The maximum Gasteiger partial charge on any atom is 0.267 e. The third-order valence-corrected chi connectivity index (χ3v) is 2.32. The largest absolute Gasteiger partial charge is 0.280 e. The minimum Gasteiger partial charge on any atom is -0.280 e. The van der Waals surface area contributed by atoms with Crippen LogP contribution in [-0.4, -0.2) is 18.0 Å². The fourth-order valence-corrected chi connectivity index (χ4v) is 1.32. The molecule has 0 fully saturated rings. The lowest BCUT2D eigenvalue weighted by Gasteiger charge is -2.19. The summed E-state index contributed by atoms with van der Waals surface area (Å²) in [6.45, 7) is 6.41. The molecule has 3 heteroatoms. The highest BCUT2D eigenvalue weighted by atomic mass is 16.2. The Labute approximate surface area is 90.9 Å². The van der Waals surface area contributed by atoms with Gasteiger partial charge in [0, 0.05) is 12.6 Å². The minimum atomic E-state index is -0.171. The molecule has 0 atom stereocenters. The molecule has 0 radical (unpaired) electrons. The monoisotopic (exact) mass is 206 g/mol. The van der Waals surface area contributed by atoms with E-state index in [0.717, 1.165) is 5.01 Å². The topological polar surface area (TPSA) is 46.3 Å². The number of hydrogen-bond acceptors (Lipinski definition) is 2. The summed E-state index contributed by atoms with van der Waals surface area (Å²) in [5, 5.41) is 1.09. The number of hydrazine groups is 1. The first-order valence-corrected chi connectivity index (χ1v) is 4.95. The van der Waals surface area contributed by atoms with Crippen LogP contribution in [0.25, 0.3) is 0 Å². The maximum atomic E-state index is 11.5. The van der Waals surface area contributed by atoms with E-state index in [0.29, 0.717) is 5.56 Å². The van der Waals surface area contributed by atoms with Gasteiger partial charge in [0.05, 0.1) is 0 Å². The normalized spacial score (nSPS) is 11.3. The molecule has 0 aromatic heterocycles. The zero-order valence-electron chi connectivity index (χ0n) is 9.74. The number of carbonyl (C=O) groups is 1. The van der Waals surface area contributed by atoms with Crippen molar-refractivity contribution in [2.24, 2.45) is 5.84 Å². The standard InChI is InChI=1S/C12H18N2O/c1-12(2,3)10-7-5-9(6-8-10)11(15)14(4)13/h5-8H,13H2,1-4H3. The van der Waals surface area contributed by atoms with E-state index in [1.165, 1.54) is 5.56 Å². The molecule has 1 amide bonds. The molecule has 0 bridgehead atoms. The number of carbonyl (C=O) groups excluding carboxylic acids is 1. The van der Waals surface area contributed by atoms with Crippen molar-refractivity contribution in [1.29, 1.82) is 0 Å². The smallest absolute Gasteiger partial charge is 0.267 e. The molecule has 0 heterocycles. The van der Waals surface area contributed by atoms with Crippen molar-refractivity contribution in [3.8, 4) is 0 Å². The second-order valence-electron chi connectivity index (χ2n) is 4.74. The van der Waals surface area contributed by atoms with Gasteiger partial charge in [-0.3, -0.25) is 9.80 Å². The van der Waals surface area contributed by atoms with Gasteiger partial charge in [-0.05, 0) is 23.1 Å². The van der Waals surface area contributed by atoms with Gasteiger partial charge in [0.1, 0.15) is 0 Å². The van der Waals surface area contributed by atoms with E-state index in [-0.39, 0.29) is 11.3 Å². The highest BCUT2D eigenvalue weighted by Crippen LogP contribution is 2.22. The SMILES string of the molecule is CN(N)C(=O)c1ccc(C(C)(C)C)cc1. The van der Waals surface area contributed by atoms with Crippen LogP contribution in [0.4, 0.5) is 0 Å². The van der Waals surface area contributed by atoms with E-state index in [9.17, 15) is 4.79 Å². The van der Waals surface area contributed by atoms with Crippen molar-refractivity contribution in [3.63, 3.8) is 0 Å². The Kier molecular flexibility index (Phi) is 3.15. The van der Waals surface area contributed by atoms with E-state index in [4.69, 9.17) is 5.84 Å². The fraction of sp³-hybridized carbons (Fsp3) is 0.417. The zero-order chi connectivity index (χ0) is 11.6. The van der Waals surface area contributed by atoms with Crippen LogP contribution in [0.3, 0.4) is 0 Å². The number of benzene rings is 1. The summed E-state index contributed by atoms with van der Waals surface area (Å²) in [5.41, 5.74) is 1.93. The highest BCUT2D eigenvalue weighted by Gasteiger charge is 2.14. The molecular weight excluding hydrogens is 188 g/mol. The van der Waals surface area contributed by atoms with Crippen LogP contribution in [0, 0.1) is 0 Å². The van der Waals surface area contributed by atoms with Crippen LogP contribution in [-0.2, 0) is 5.41 Å². The summed E-state index contributed by atoms with van der Waals surface area (Å²) >= 11 is 0. The summed E-state index contributed by atoms with van der Waals surface area (Å²) in [7, 11) is 1.54. The zero-order valence-corrected chi connectivity index (χ0v) is 9.74. The molecule has 1 rings (SSSR count). The molecule has 0 saturated carbocycles. The molecule has 2 N–H and O–H groups in total. The summed E-state index contributed by atoms with van der Waals surface area (Å²) in [6, 6.07) is 7.56. The van der Waals surface area contributed by atoms with Crippen molar-refractivity contribution in [2.75, 3.05) is 7.05 Å². The van der Waals surface area contributed by atoms with Crippen molar-refractivity contribution in [1.82, 2.24) is 5.01 Å². The van der Waals surface area contributed by atoms with Crippen LogP contribution in [0.15, 0.2) is 24.3 Å². The van der Waals surface area contributed by atoms with Crippen molar-refractivity contribution < 1.29 is 4.79 Å². The Morgan fingerprint density at radius 2 is 1.67 bits per heavy atom. The average Bonchev–Trinajstić information content (AvgIpc) is 2.15. The van der Waals surface area contributed by atoms with Crippen molar-refractivity contribution in [3.05, 3.63) is 35.4 Å². The molecule has 82 valence electrons. The maximum absolute atomic E-state index is 11.5. The third kappa shape index (κ3) is 2.80. The Bertz CT molecular complexity index is 347. The van der Waals surface area contributed by atoms with E-state index in [2.05, 4.69) is 20.8 Å². The molecular formula is C12H18N2O. The van der Waals surface area contributed by atoms with Gasteiger partial charge in [0.2, 0.25) is 0 Å². The van der Waals surface area contributed by atoms with Gasteiger partial charge in [-0.25, -0.2) is 5.84 Å². The summed E-state index contributed by atoms with van der Waals surface area (Å²) < 4.78 is 0. The molecule has 0 aliphatic carbocycles. The lowest BCUT2D eigenvalue weighted by molar-refractivity contribution is 0.0795. The number of hydrogen-bond donors (Lipinski definition) is 1. The molecule has 1 aromatic rings. The molecule has 15 heavy (non-hydrogen) atoms. The van der Waals surface area contributed by atoms with Crippen LogP contribution < -0.4 is 5.84 Å². The lowest BCUT2D eigenvalue weighted by atomic mass is 9.87. The predicted octanol–water partition coefficient (Wildman–Crippen LogP) is 1.93. The van der Waals surface area contributed by atoms with Gasteiger partial charge in [-0.2, -0.15) is 0 Å². The van der Waals surface area contributed by atoms with Gasteiger partial charge >= 0.3 is 0 Å². The van der Waals surface area contributed by atoms with E-state index >= 15 is 0 Å². The molecule has 0 aliphatic heterocycles. The number of amides is 1. The number of rotatable bonds is 1.